The first-order valence-corrected chi connectivity index (χ1v) is 8.67. The van der Waals surface area contributed by atoms with Crippen LogP contribution < -0.4 is 4.74 Å². The van der Waals surface area contributed by atoms with Crippen LogP contribution in [0.25, 0.3) is 0 Å². The van der Waals surface area contributed by atoms with Crippen molar-refractivity contribution in [3.8, 4) is 5.75 Å². The van der Waals surface area contributed by atoms with E-state index in [1.807, 2.05) is 45.0 Å². The van der Waals surface area contributed by atoms with Crippen molar-refractivity contribution in [1.29, 1.82) is 0 Å². The molecule has 3 rings (SSSR count). The van der Waals surface area contributed by atoms with E-state index in [9.17, 15) is 9.90 Å². The fourth-order valence-corrected chi connectivity index (χ4v) is 3.14. The average Bonchev–Trinajstić information content (AvgIpc) is 3.17. The Morgan fingerprint density at radius 2 is 2.08 bits per heavy atom. The van der Waals surface area contributed by atoms with E-state index in [1.54, 1.807) is 4.90 Å². The van der Waals surface area contributed by atoms with Gasteiger partial charge >= 0.3 is 0 Å². The number of carbonyl (C=O) groups excluding carboxylic acids is 1. The molecule has 1 atom stereocenters. The van der Waals surface area contributed by atoms with Crippen LogP contribution in [0.4, 0.5) is 0 Å². The molecule has 1 fully saturated rings. The first-order valence-electron chi connectivity index (χ1n) is 8.67. The van der Waals surface area contributed by atoms with E-state index in [0.717, 1.165) is 29.0 Å². The van der Waals surface area contributed by atoms with Gasteiger partial charge in [0, 0.05) is 17.8 Å². The van der Waals surface area contributed by atoms with Crippen molar-refractivity contribution in [1.82, 2.24) is 15.1 Å². The second-order valence-electron chi connectivity index (χ2n) is 6.83. The molecular formula is C19H25N3O3. The van der Waals surface area contributed by atoms with Gasteiger partial charge in [-0.3, -0.25) is 9.89 Å². The number of hydrogen-bond donors (Lipinski definition) is 2. The minimum Gasteiger partial charge on any atom is -0.491 e. The van der Waals surface area contributed by atoms with Gasteiger partial charge in [-0.2, -0.15) is 5.10 Å². The van der Waals surface area contributed by atoms with Crippen molar-refractivity contribution in [3.63, 3.8) is 0 Å². The molecule has 0 bridgehead atoms. The van der Waals surface area contributed by atoms with E-state index in [0.29, 0.717) is 18.7 Å². The summed E-state index contributed by atoms with van der Waals surface area (Å²) in [6.45, 7) is 6.86. The Labute approximate surface area is 147 Å². The zero-order valence-electron chi connectivity index (χ0n) is 15.0. The van der Waals surface area contributed by atoms with Crippen molar-refractivity contribution >= 4 is 5.91 Å². The summed E-state index contributed by atoms with van der Waals surface area (Å²) in [6.07, 6.45) is 1.30. The molecule has 1 amide bonds. The van der Waals surface area contributed by atoms with Crippen LogP contribution in [-0.4, -0.2) is 51.4 Å². The standard InChI is InChI=1S/C19H25N3O3/c1-4-16-14(3)17(21-20-16)18(23)22-10-9-19(24,11-22)12-25-15-7-5-13(2)6-8-15/h5-8,24H,4,9-12H2,1-3H3,(H,20,21). The quantitative estimate of drug-likeness (QED) is 0.873. The lowest BCUT2D eigenvalue weighted by atomic mass is 10.1. The Balaban J connectivity index is 1.62. The predicted octanol–water partition coefficient (Wildman–Crippen LogP) is 2.24. The number of rotatable bonds is 5. The van der Waals surface area contributed by atoms with Crippen LogP contribution in [0.5, 0.6) is 5.75 Å². The highest BCUT2D eigenvalue weighted by Crippen LogP contribution is 2.25. The van der Waals surface area contributed by atoms with Crippen molar-refractivity contribution in [2.45, 2.75) is 39.2 Å². The SMILES string of the molecule is CCc1[nH]nc(C(=O)N2CCC(O)(COc3ccc(C)cc3)C2)c1C. The molecule has 2 heterocycles. The highest BCUT2D eigenvalue weighted by molar-refractivity contribution is 5.94. The van der Waals surface area contributed by atoms with E-state index in [-0.39, 0.29) is 19.1 Å². The van der Waals surface area contributed by atoms with E-state index in [2.05, 4.69) is 10.2 Å². The number of likely N-dealkylation sites (tertiary alicyclic amines) is 1. The molecule has 1 aromatic carbocycles. The lowest BCUT2D eigenvalue weighted by Crippen LogP contribution is -2.40. The summed E-state index contributed by atoms with van der Waals surface area (Å²) >= 11 is 0. The molecular weight excluding hydrogens is 318 g/mol. The molecule has 0 saturated carbocycles. The van der Waals surface area contributed by atoms with Crippen molar-refractivity contribution in [3.05, 3.63) is 46.8 Å². The highest BCUT2D eigenvalue weighted by atomic mass is 16.5. The van der Waals surface area contributed by atoms with Gasteiger partial charge in [-0.05, 0) is 38.8 Å². The molecule has 6 nitrogen and oxygen atoms in total. The van der Waals surface area contributed by atoms with Gasteiger partial charge in [0.1, 0.15) is 18.0 Å². The van der Waals surface area contributed by atoms with Gasteiger partial charge in [-0.1, -0.05) is 24.6 Å². The molecule has 1 aromatic heterocycles. The number of carbonyl (C=O) groups is 1. The molecule has 0 spiro atoms. The summed E-state index contributed by atoms with van der Waals surface area (Å²) in [6, 6.07) is 7.71. The number of aryl methyl sites for hydroxylation is 2. The smallest absolute Gasteiger partial charge is 0.274 e. The second kappa shape index (κ2) is 6.88. The summed E-state index contributed by atoms with van der Waals surface area (Å²) in [4.78, 5) is 14.3. The largest absolute Gasteiger partial charge is 0.491 e. The molecule has 1 aliphatic rings. The second-order valence-corrected chi connectivity index (χ2v) is 6.83. The van der Waals surface area contributed by atoms with Crippen LogP contribution >= 0.6 is 0 Å². The number of H-pyrrole nitrogens is 1. The molecule has 134 valence electrons. The first kappa shape index (κ1) is 17.5. The van der Waals surface area contributed by atoms with Gasteiger partial charge in [0.05, 0.1) is 6.54 Å². The number of hydrogen-bond acceptors (Lipinski definition) is 4. The van der Waals surface area contributed by atoms with Crippen LogP contribution in [0.2, 0.25) is 0 Å². The van der Waals surface area contributed by atoms with Crippen molar-refractivity contribution in [2.75, 3.05) is 19.7 Å². The molecule has 25 heavy (non-hydrogen) atoms. The predicted molar refractivity (Wildman–Crippen MR) is 94.8 cm³/mol. The van der Waals surface area contributed by atoms with E-state index in [1.165, 1.54) is 0 Å². The Bertz CT molecular complexity index is 754. The number of aromatic amines is 1. The minimum atomic E-state index is -1.03. The zero-order chi connectivity index (χ0) is 18.0. The van der Waals surface area contributed by atoms with E-state index < -0.39 is 5.60 Å². The Morgan fingerprint density at radius 1 is 1.36 bits per heavy atom. The summed E-state index contributed by atoms with van der Waals surface area (Å²) < 4.78 is 5.72. The molecule has 1 aliphatic heterocycles. The lowest BCUT2D eigenvalue weighted by molar-refractivity contribution is 0.00424. The van der Waals surface area contributed by atoms with Gasteiger partial charge in [0.15, 0.2) is 5.69 Å². The van der Waals surface area contributed by atoms with E-state index >= 15 is 0 Å². The highest BCUT2D eigenvalue weighted by Gasteiger charge is 2.40. The number of benzene rings is 1. The fraction of sp³-hybridized carbons (Fsp3) is 0.474. The number of β-amino-alcohol motifs (C(OH)–C–C–N with tert-alkyl or cyclic N) is 1. The topological polar surface area (TPSA) is 78.5 Å². The number of aromatic nitrogens is 2. The minimum absolute atomic E-state index is 0.139. The number of aliphatic hydroxyl groups is 1. The normalized spacial score (nSPS) is 20.1. The molecule has 1 saturated heterocycles. The molecule has 0 aliphatic carbocycles. The first-order chi connectivity index (χ1) is 11.9. The third-order valence-electron chi connectivity index (χ3n) is 4.81. The maximum atomic E-state index is 12.7. The van der Waals surface area contributed by atoms with Crippen LogP contribution in [-0.2, 0) is 6.42 Å². The molecule has 1 unspecified atom stereocenters. The van der Waals surface area contributed by atoms with Gasteiger partial charge in [0.25, 0.3) is 5.91 Å². The third kappa shape index (κ3) is 3.69. The maximum absolute atomic E-state index is 12.7. The molecule has 2 N–H and O–H groups in total. The Kier molecular flexibility index (Phi) is 4.81. The number of ether oxygens (including phenoxy) is 1. The van der Waals surface area contributed by atoms with E-state index in [4.69, 9.17) is 4.74 Å². The number of amides is 1. The molecule has 0 radical (unpaired) electrons. The van der Waals surface area contributed by atoms with Crippen LogP contribution in [0.15, 0.2) is 24.3 Å². The monoisotopic (exact) mass is 343 g/mol. The summed E-state index contributed by atoms with van der Waals surface area (Å²) in [5, 5.41) is 17.8. The van der Waals surface area contributed by atoms with Gasteiger partial charge in [-0.25, -0.2) is 0 Å². The zero-order valence-corrected chi connectivity index (χ0v) is 15.0. The average molecular weight is 343 g/mol. The Morgan fingerprint density at radius 3 is 2.72 bits per heavy atom. The van der Waals surface area contributed by atoms with Crippen LogP contribution in [0, 0.1) is 13.8 Å². The number of nitrogens with one attached hydrogen (secondary N) is 1. The van der Waals surface area contributed by atoms with Gasteiger partial charge in [0.2, 0.25) is 0 Å². The van der Waals surface area contributed by atoms with Crippen LogP contribution in [0.1, 0.15) is 40.7 Å². The summed E-state index contributed by atoms with van der Waals surface area (Å²) in [5.41, 5.74) is 2.43. The third-order valence-corrected chi connectivity index (χ3v) is 4.81. The van der Waals surface area contributed by atoms with Crippen molar-refractivity contribution < 1.29 is 14.6 Å². The fourth-order valence-electron chi connectivity index (χ4n) is 3.14. The molecule has 6 heteroatoms. The Hall–Kier alpha value is -2.34. The van der Waals surface area contributed by atoms with Gasteiger partial charge < -0.3 is 14.7 Å². The maximum Gasteiger partial charge on any atom is 0.274 e. The van der Waals surface area contributed by atoms with Crippen molar-refractivity contribution in [2.24, 2.45) is 0 Å². The molecule has 2 aromatic rings. The summed E-state index contributed by atoms with van der Waals surface area (Å²) in [5.74, 6) is 0.583. The van der Waals surface area contributed by atoms with Crippen LogP contribution in [0.3, 0.4) is 0 Å². The summed E-state index contributed by atoms with van der Waals surface area (Å²) in [7, 11) is 0. The number of nitrogens with zero attached hydrogens (tertiary/aromatic N) is 2. The lowest BCUT2D eigenvalue weighted by Gasteiger charge is -2.23. The van der Waals surface area contributed by atoms with Gasteiger partial charge in [-0.15, -0.1) is 0 Å².